The Morgan fingerprint density at radius 1 is 0.977 bits per heavy atom. The first-order valence-corrected chi connectivity index (χ1v) is 15.9. The van der Waals surface area contributed by atoms with E-state index in [2.05, 4.69) is 15.4 Å². The number of rotatable bonds is 7. The molecular formula is C33H48FN3O6. The Balaban J connectivity index is 1.43. The van der Waals surface area contributed by atoms with Gasteiger partial charge in [-0.25, -0.2) is 14.0 Å². The third-order valence-electron chi connectivity index (χ3n) is 9.47. The third-order valence-corrected chi connectivity index (χ3v) is 9.47. The second kappa shape index (κ2) is 14.1. The predicted molar refractivity (Wildman–Crippen MR) is 161 cm³/mol. The molecule has 0 spiro atoms. The van der Waals surface area contributed by atoms with Crippen molar-refractivity contribution in [2.75, 3.05) is 19.0 Å². The van der Waals surface area contributed by atoms with E-state index in [-0.39, 0.29) is 46.9 Å². The van der Waals surface area contributed by atoms with E-state index in [1.807, 2.05) is 27.7 Å². The molecule has 0 bridgehead atoms. The molecular weight excluding hydrogens is 553 g/mol. The molecule has 0 radical (unpaired) electrons. The summed E-state index contributed by atoms with van der Waals surface area (Å²) in [4.78, 5) is 53.6. The second-order valence-electron chi connectivity index (χ2n) is 13.5. The van der Waals surface area contributed by atoms with Gasteiger partial charge in [-0.15, -0.1) is 0 Å². The number of nitrogens with zero attached hydrogens (tertiary/aromatic N) is 1. The van der Waals surface area contributed by atoms with Crippen LogP contribution in [0.3, 0.4) is 0 Å². The Morgan fingerprint density at radius 2 is 1.65 bits per heavy atom. The van der Waals surface area contributed by atoms with Crippen molar-refractivity contribution < 1.29 is 33.0 Å². The summed E-state index contributed by atoms with van der Waals surface area (Å²) in [5.74, 6) is -1.37. The van der Waals surface area contributed by atoms with Gasteiger partial charge in [-0.1, -0.05) is 32.1 Å². The minimum absolute atomic E-state index is 0.0110. The Bertz CT molecular complexity index is 1170. The smallest absolute Gasteiger partial charge is 0.407 e. The van der Waals surface area contributed by atoms with Crippen molar-refractivity contribution in [1.29, 1.82) is 0 Å². The Morgan fingerprint density at radius 3 is 2.26 bits per heavy atom. The van der Waals surface area contributed by atoms with E-state index < -0.39 is 29.5 Å². The number of carbonyl (C=O) groups excluding carboxylic acids is 4. The van der Waals surface area contributed by atoms with E-state index in [1.165, 1.54) is 25.7 Å². The highest BCUT2D eigenvalue weighted by Crippen LogP contribution is 2.41. The fourth-order valence-electron chi connectivity index (χ4n) is 7.25. The number of amides is 3. The summed E-state index contributed by atoms with van der Waals surface area (Å²) in [6.07, 6.45) is 8.89. The topological polar surface area (TPSA) is 114 Å². The first-order chi connectivity index (χ1) is 20.4. The van der Waals surface area contributed by atoms with Crippen LogP contribution in [0.4, 0.5) is 14.9 Å². The van der Waals surface area contributed by atoms with Gasteiger partial charge in [-0.3, -0.25) is 9.59 Å². The molecule has 0 aromatic heterocycles. The van der Waals surface area contributed by atoms with Crippen molar-refractivity contribution in [1.82, 2.24) is 10.2 Å². The molecule has 9 nitrogen and oxygen atoms in total. The molecule has 1 saturated heterocycles. The minimum Gasteiger partial charge on any atom is -0.465 e. The van der Waals surface area contributed by atoms with Crippen molar-refractivity contribution in [2.45, 2.75) is 110 Å². The zero-order valence-corrected chi connectivity index (χ0v) is 26.2. The number of methoxy groups -OCH3 is 1. The molecule has 2 saturated carbocycles. The number of halogens is 1. The number of hydrogen-bond acceptors (Lipinski definition) is 6. The Kier molecular flexibility index (Phi) is 10.7. The van der Waals surface area contributed by atoms with Crippen molar-refractivity contribution in [3.05, 3.63) is 29.6 Å². The number of alkyl carbamates (subject to hydrolysis) is 1. The molecule has 3 aliphatic rings. The van der Waals surface area contributed by atoms with E-state index in [1.54, 1.807) is 4.90 Å². The maximum atomic E-state index is 14.6. The number of anilines is 1. The summed E-state index contributed by atoms with van der Waals surface area (Å²) in [5.41, 5.74) is -0.531. The number of benzene rings is 1. The number of ether oxygens (including phenoxy) is 2. The zero-order chi connectivity index (χ0) is 31.3. The molecule has 1 heterocycles. The summed E-state index contributed by atoms with van der Waals surface area (Å²) in [7, 11) is 1.18. The molecule has 1 aromatic carbocycles. The number of carbonyl (C=O) groups is 4. The second-order valence-corrected chi connectivity index (χ2v) is 13.5. The minimum atomic E-state index is -0.787. The van der Waals surface area contributed by atoms with Crippen LogP contribution in [0.15, 0.2) is 18.2 Å². The van der Waals surface area contributed by atoms with Crippen LogP contribution >= 0.6 is 0 Å². The SMILES string of the molecule is COC(=O)c1ccc(NC(=O)[C@@H]2[C@H](C3CCCCC3)CCN2C(=O)[C@H]2CC[C@H](C(C)NC(=O)OC(C)(C)C)CC2)cc1F. The normalized spacial score (nSPS) is 25.5. The average Bonchev–Trinajstić information content (AvgIpc) is 3.41. The lowest BCUT2D eigenvalue weighted by Crippen LogP contribution is -2.50. The van der Waals surface area contributed by atoms with Gasteiger partial charge in [0.15, 0.2) is 0 Å². The number of hydrogen-bond donors (Lipinski definition) is 2. The molecule has 1 unspecified atom stereocenters. The van der Waals surface area contributed by atoms with Crippen LogP contribution in [0.25, 0.3) is 0 Å². The van der Waals surface area contributed by atoms with Crippen LogP contribution in [0.2, 0.25) is 0 Å². The lowest BCUT2D eigenvalue weighted by molar-refractivity contribution is -0.142. The summed E-state index contributed by atoms with van der Waals surface area (Å²) >= 11 is 0. The van der Waals surface area contributed by atoms with Gasteiger partial charge in [0, 0.05) is 24.2 Å². The summed E-state index contributed by atoms with van der Waals surface area (Å²) in [5, 5.41) is 5.79. The molecule has 43 heavy (non-hydrogen) atoms. The summed E-state index contributed by atoms with van der Waals surface area (Å²) < 4.78 is 24.6. The van der Waals surface area contributed by atoms with Crippen molar-refractivity contribution in [3.63, 3.8) is 0 Å². The number of likely N-dealkylation sites (tertiary alicyclic amines) is 1. The van der Waals surface area contributed by atoms with E-state index in [0.717, 1.165) is 51.0 Å². The highest BCUT2D eigenvalue weighted by Gasteiger charge is 2.47. The van der Waals surface area contributed by atoms with E-state index in [9.17, 15) is 23.6 Å². The molecule has 3 fully saturated rings. The predicted octanol–water partition coefficient (Wildman–Crippen LogP) is 6.07. The lowest BCUT2D eigenvalue weighted by atomic mass is 9.76. The van der Waals surface area contributed by atoms with Gasteiger partial charge < -0.3 is 25.0 Å². The monoisotopic (exact) mass is 601 g/mol. The van der Waals surface area contributed by atoms with Gasteiger partial charge in [-0.2, -0.15) is 0 Å². The molecule has 1 aromatic rings. The van der Waals surface area contributed by atoms with Crippen molar-refractivity contribution in [2.24, 2.45) is 23.7 Å². The van der Waals surface area contributed by atoms with Crippen LogP contribution < -0.4 is 10.6 Å². The first-order valence-electron chi connectivity index (χ1n) is 15.9. The van der Waals surface area contributed by atoms with Gasteiger partial charge in [0.1, 0.15) is 17.5 Å². The maximum absolute atomic E-state index is 14.6. The molecule has 3 amide bonds. The van der Waals surface area contributed by atoms with Crippen LogP contribution in [0.5, 0.6) is 0 Å². The van der Waals surface area contributed by atoms with Crippen LogP contribution in [-0.2, 0) is 19.1 Å². The standard InChI is InChI=1S/C33H48FN3O6/c1-20(35-32(41)43-33(2,3)4)21-11-13-23(14-12-21)30(39)37-18-17-25(22-9-7-6-8-10-22)28(37)29(38)36-24-15-16-26(27(34)19-24)31(40)42-5/h15-16,19-23,25,28H,6-14,17-18H2,1-5H3,(H,35,41)(H,36,38)/t20?,21-,23-,25-,28-/m0/s1. The van der Waals surface area contributed by atoms with Gasteiger partial charge in [0.25, 0.3) is 0 Å². The van der Waals surface area contributed by atoms with Crippen molar-refractivity contribution in [3.8, 4) is 0 Å². The number of nitrogens with one attached hydrogen (secondary N) is 2. The molecule has 1 aliphatic heterocycles. The van der Waals surface area contributed by atoms with Gasteiger partial charge in [-0.05, 0) is 95.8 Å². The largest absolute Gasteiger partial charge is 0.465 e. The number of esters is 1. The fourth-order valence-corrected chi connectivity index (χ4v) is 7.25. The highest BCUT2D eigenvalue weighted by molar-refractivity contribution is 5.98. The average molecular weight is 602 g/mol. The molecule has 2 N–H and O–H groups in total. The lowest BCUT2D eigenvalue weighted by Gasteiger charge is -2.37. The highest BCUT2D eigenvalue weighted by atomic mass is 19.1. The molecule has 4 rings (SSSR count). The molecule has 3 atom stereocenters. The quantitative estimate of drug-likeness (QED) is 0.367. The van der Waals surface area contributed by atoms with Gasteiger partial charge in [0.05, 0.1) is 12.7 Å². The van der Waals surface area contributed by atoms with Crippen LogP contribution in [-0.4, -0.2) is 60.1 Å². The molecule has 238 valence electrons. The van der Waals surface area contributed by atoms with Crippen LogP contribution in [0, 0.1) is 29.5 Å². The molecule has 2 aliphatic carbocycles. The van der Waals surface area contributed by atoms with Crippen LogP contribution in [0.1, 0.15) is 102 Å². The van der Waals surface area contributed by atoms with E-state index in [4.69, 9.17) is 4.74 Å². The first kappa shape index (κ1) is 32.7. The summed E-state index contributed by atoms with van der Waals surface area (Å²) in [6.45, 7) is 8.00. The van der Waals surface area contributed by atoms with Gasteiger partial charge in [0.2, 0.25) is 11.8 Å². The van der Waals surface area contributed by atoms with E-state index in [0.29, 0.717) is 25.3 Å². The molecule has 10 heteroatoms. The maximum Gasteiger partial charge on any atom is 0.407 e. The fraction of sp³-hybridized carbons (Fsp3) is 0.697. The third kappa shape index (κ3) is 8.26. The summed E-state index contributed by atoms with van der Waals surface area (Å²) in [6, 6.07) is 3.21. The Labute approximate surface area is 254 Å². The van der Waals surface area contributed by atoms with Crippen molar-refractivity contribution >= 4 is 29.6 Å². The zero-order valence-electron chi connectivity index (χ0n) is 26.2. The van der Waals surface area contributed by atoms with E-state index >= 15 is 0 Å². The van der Waals surface area contributed by atoms with Gasteiger partial charge >= 0.3 is 12.1 Å². The Hall–Kier alpha value is -3.17.